The highest BCUT2D eigenvalue weighted by molar-refractivity contribution is 5.85. The first kappa shape index (κ1) is 16.2. The molecule has 21 heavy (non-hydrogen) atoms. The minimum Gasteiger partial charge on any atom is -0.374 e. The summed E-state index contributed by atoms with van der Waals surface area (Å²) in [4.78, 5) is 27.4. The molecule has 0 bridgehead atoms. The standard InChI is InChI=1S/C14H26N4O3/c1-15-7-12-8-18(5-6-21-12)10-14(20)17(2)9-13(19)16-11-3-4-11/h11-12,15H,3-10H2,1-2H3,(H,16,19). The summed E-state index contributed by atoms with van der Waals surface area (Å²) < 4.78 is 5.61. The predicted molar refractivity (Wildman–Crippen MR) is 78.9 cm³/mol. The Kier molecular flexibility index (Phi) is 5.96. The smallest absolute Gasteiger partial charge is 0.239 e. The highest BCUT2D eigenvalue weighted by atomic mass is 16.5. The molecule has 0 aromatic carbocycles. The number of ether oxygens (including phenoxy) is 1. The molecule has 0 aromatic heterocycles. The second kappa shape index (κ2) is 7.72. The number of nitrogens with zero attached hydrogens (tertiary/aromatic N) is 2. The van der Waals surface area contributed by atoms with Gasteiger partial charge in [-0.1, -0.05) is 0 Å². The van der Waals surface area contributed by atoms with Crippen molar-refractivity contribution in [2.75, 3.05) is 53.4 Å². The number of hydrogen-bond donors (Lipinski definition) is 2. The number of carbonyl (C=O) groups is 2. The predicted octanol–water partition coefficient (Wildman–Crippen LogP) is -1.36. The Balaban J connectivity index is 1.70. The number of nitrogens with one attached hydrogen (secondary N) is 2. The summed E-state index contributed by atoms with van der Waals surface area (Å²) in [6.07, 6.45) is 2.24. The van der Waals surface area contributed by atoms with Crippen molar-refractivity contribution in [3.05, 3.63) is 0 Å². The van der Waals surface area contributed by atoms with Gasteiger partial charge in [0.05, 0.1) is 25.8 Å². The Hall–Kier alpha value is -1.18. The summed E-state index contributed by atoms with van der Waals surface area (Å²) in [5.41, 5.74) is 0. The van der Waals surface area contributed by atoms with Gasteiger partial charge in [-0.25, -0.2) is 0 Å². The summed E-state index contributed by atoms with van der Waals surface area (Å²) >= 11 is 0. The average molecular weight is 298 g/mol. The molecule has 1 saturated carbocycles. The van der Waals surface area contributed by atoms with Crippen LogP contribution in [0.25, 0.3) is 0 Å². The first-order valence-electron chi connectivity index (χ1n) is 7.60. The summed E-state index contributed by atoms with van der Waals surface area (Å²) in [6, 6.07) is 0.336. The van der Waals surface area contributed by atoms with E-state index in [-0.39, 0.29) is 24.5 Å². The van der Waals surface area contributed by atoms with Crippen molar-refractivity contribution in [1.82, 2.24) is 20.4 Å². The molecule has 1 atom stereocenters. The molecule has 1 saturated heterocycles. The second-order valence-electron chi connectivity index (χ2n) is 5.88. The SMILES string of the molecule is CNCC1CN(CC(=O)N(C)CC(=O)NC2CC2)CCO1. The highest BCUT2D eigenvalue weighted by Crippen LogP contribution is 2.18. The van der Waals surface area contributed by atoms with Gasteiger partial charge < -0.3 is 20.3 Å². The topological polar surface area (TPSA) is 73.9 Å². The third-order valence-corrected chi connectivity index (χ3v) is 3.76. The van der Waals surface area contributed by atoms with Gasteiger partial charge >= 0.3 is 0 Å². The zero-order valence-corrected chi connectivity index (χ0v) is 12.9. The second-order valence-corrected chi connectivity index (χ2v) is 5.88. The molecule has 7 heteroatoms. The van der Waals surface area contributed by atoms with Crippen LogP contribution in [-0.2, 0) is 14.3 Å². The molecule has 1 heterocycles. The van der Waals surface area contributed by atoms with Gasteiger partial charge in [0.15, 0.2) is 0 Å². The molecule has 2 N–H and O–H groups in total. The Morgan fingerprint density at radius 3 is 2.81 bits per heavy atom. The van der Waals surface area contributed by atoms with Crippen molar-refractivity contribution in [1.29, 1.82) is 0 Å². The van der Waals surface area contributed by atoms with Crippen molar-refractivity contribution < 1.29 is 14.3 Å². The summed E-state index contributed by atoms with van der Waals surface area (Å²) in [6.45, 7) is 3.41. The van der Waals surface area contributed by atoms with E-state index in [4.69, 9.17) is 4.74 Å². The fraction of sp³-hybridized carbons (Fsp3) is 0.857. The number of amides is 2. The Morgan fingerprint density at radius 1 is 1.38 bits per heavy atom. The molecule has 120 valence electrons. The number of likely N-dealkylation sites (N-methyl/N-ethyl adjacent to an activating group) is 2. The van der Waals surface area contributed by atoms with Crippen LogP contribution < -0.4 is 10.6 Å². The molecule has 0 radical (unpaired) electrons. The van der Waals surface area contributed by atoms with Gasteiger partial charge in [0.2, 0.25) is 11.8 Å². The molecule has 2 rings (SSSR count). The Bertz CT molecular complexity index is 371. The summed E-state index contributed by atoms with van der Waals surface area (Å²) in [5.74, 6) is -0.0885. The highest BCUT2D eigenvalue weighted by Gasteiger charge is 2.26. The lowest BCUT2D eigenvalue weighted by Gasteiger charge is -2.33. The van der Waals surface area contributed by atoms with Crippen LogP contribution in [0.4, 0.5) is 0 Å². The average Bonchev–Trinajstić information content (AvgIpc) is 3.23. The maximum Gasteiger partial charge on any atom is 0.239 e. The van der Waals surface area contributed by atoms with Crippen LogP contribution in [0, 0.1) is 0 Å². The molecule has 7 nitrogen and oxygen atoms in total. The lowest BCUT2D eigenvalue weighted by Crippen LogP contribution is -2.50. The maximum absolute atomic E-state index is 12.2. The van der Waals surface area contributed by atoms with Crippen LogP contribution in [0.5, 0.6) is 0 Å². The molecule has 1 aliphatic heterocycles. The van der Waals surface area contributed by atoms with Crippen molar-refractivity contribution in [2.24, 2.45) is 0 Å². The number of rotatable bonds is 7. The molecular weight excluding hydrogens is 272 g/mol. The Morgan fingerprint density at radius 2 is 2.14 bits per heavy atom. The lowest BCUT2D eigenvalue weighted by molar-refractivity contribution is -0.137. The molecule has 2 aliphatic rings. The quantitative estimate of drug-likeness (QED) is 0.607. The van der Waals surface area contributed by atoms with E-state index in [9.17, 15) is 9.59 Å². The third kappa shape index (κ3) is 5.61. The van der Waals surface area contributed by atoms with Crippen molar-refractivity contribution in [3.8, 4) is 0 Å². The van der Waals surface area contributed by atoms with Gasteiger partial charge in [0, 0.05) is 32.7 Å². The number of hydrogen-bond acceptors (Lipinski definition) is 5. The monoisotopic (exact) mass is 298 g/mol. The lowest BCUT2D eigenvalue weighted by atomic mass is 10.2. The minimum absolute atomic E-state index is 0.0222. The van der Waals surface area contributed by atoms with Gasteiger partial charge in [-0.2, -0.15) is 0 Å². The fourth-order valence-corrected chi connectivity index (χ4v) is 2.39. The van der Waals surface area contributed by atoms with Gasteiger partial charge in [0.25, 0.3) is 0 Å². The normalized spacial score (nSPS) is 22.9. The van der Waals surface area contributed by atoms with E-state index in [1.807, 2.05) is 7.05 Å². The van der Waals surface area contributed by atoms with E-state index in [1.165, 1.54) is 4.90 Å². The van der Waals surface area contributed by atoms with Crippen LogP contribution >= 0.6 is 0 Å². The number of carbonyl (C=O) groups excluding carboxylic acids is 2. The fourth-order valence-electron chi connectivity index (χ4n) is 2.39. The zero-order valence-electron chi connectivity index (χ0n) is 12.9. The van der Waals surface area contributed by atoms with Crippen molar-refractivity contribution >= 4 is 11.8 Å². The molecule has 2 amide bonds. The van der Waals surface area contributed by atoms with E-state index in [1.54, 1.807) is 7.05 Å². The van der Waals surface area contributed by atoms with Crippen molar-refractivity contribution in [2.45, 2.75) is 25.0 Å². The molecule has 1 aliphatic carbocycles. The van der Waals surface area contributed by atoms with Gasteiger partial charge in [-0.15, -0.1) is 0 Å². The van der Waals surface area contributed by atoms with Crippen LogP contribution in [-0.4, -0.2) is 87.2 Å². The van der Waals surface area contributed by atoms with E-state index in [0.29, 0.717) is 19.2 Å². The summed E-state index contributed by atoms with van der Waals surface area (Å²) in [7, 11) is 3.57. The van der Waals surface area contributed by atoms with Crippen LogP contribution in [0.15, 0.2) is 0 Å². The molecule has 1 unspecified atom stereocenters. The van der Waals surface area contributed by atoms with E-state index in [0.717, 1.165) is 32.5 Å². The largest absolute Gasteiger partial charge is 0.374 e. The van der Waals surface area contributed by atoms with E-state index >= 15 is 0 Å². The molecule has 0 spiro atoms. The zero-order chi connectivity index (χ0) is 15.2. The van der Waals surface area contributed by atoms with Crippen LogP contribution in [0.2, 0.25) is 0 Å². The van der Waals surface area contributed by atoms with E-state index in [2.05, 4.69) is 15.5 Å². The molecule has 2 fully saturated rings. The first-order valence-corrected chi connectivity index (χ1v) is 7.60. The third-order valence-electron chi connectivity index (χ3n) is 3.76. The van der Waals surface area contributed by atoms with Crippen LogP contribution in [0.3, 0.4) is 0 Å². The Labute approximate surface area is 126 Å². The van der Waals surface area contributed by atoms with Gasteiger partial charge in [-0.05, 0) is 19.9 Å². The number of morpholine rings is 1. The van der Waals surface area contributed by atoms with Crippen LogP contribution in [0.1, 0.15) is 12.8 Å². The maximum atomic E-state index is 12.2. The van der Waals surface area contributed by atoms with Gasteiger partial charge in [-0.3, -0.25) is 14.5 Å². The molecule has 0 aromatic rings. The van der Waals surface area contributed by atoms with E-state index < -0.39 is 0 Å². The van der Waals surface area contributed by atoms with Crippen molar-refractivity contribution in [3.63, 3.8) is 0 Å². The first-order chi connectivity index (χ1) is 10.1. The summed E-state index contributed by atoms with van der Waals surface area (Å²) in [5, 5.41) is 5.98. The van der Waals surface area contributed by atoms with Gasteiger partial charge in [0.1, 0.15) is 0 Å². The minimum atomic E-state index is -0.0663. The molecular formula is C14H26N4O3.